The van der Waals surface area contributed by atoms with Crippen LogP contribution >= 0.6 is 15.9 Å². The molecule has 1 aliphatic heterocycles. The van der Waals surface area contributed by atoms with Gasteiger partial charge in [0.15, 0.2) is 9.84 Å². The molecule has 0 amide bonds. The summed E-state index contributed by atoms with van der Waals surface area (Å²) in [6, 6.07) is 3.63. The molecule has 2 rings (SSSR count). The lowest BCUT2D eigenvalue weighted by Gasteiger charge is -2.13. The Balaban J connectivity index is 2.28. The highest BCUT2D eigenvalue weighted by molar-refractivity contribution is 9.10. The highest BCUT2D eigenvalue weighted by atomic mass is 79.9. The SMILES string of the molecule is CC(CC(=O)O)S(=O)(=O)Cc1cc(Br)cc2c1OCC2. The molecule has 110 valence electrons. The van der Waals surface area contributed by atoms with Crippen LogP contribution in [0.25, 0.3) is 0 Å². The van der Waals surface area contributed by atoms with E-state index in [-0.39, 0.29) is 12.2 Å². The number of hydrogen-bond donors (Lipinski definition) is 1. The van der Waals surface area contributed by atoms with Gasteiger partial charge in [0, 0.05) is 16.5 Å². The number of hydrogen-bond acceptors (Lipinski definition) is 4. The minimum Gasteiger partial charge on any atom is -0.493 e. The van der Waals surface area contributed by atoms with E-state index in [9.17, 15) is 13.2 Å². The van der Waals surface area contributed by atoms with E-state index in [1.165, 1.54) is 6.92 Å². The highest BCUT2D eigenvalue weighted by Crippen LogP contribution is 2.34. The number of carboxylic acid groups (broad SMARTS) is 1. The normalized spacial score (nSPS) is 15.5. The van der Waals surface area contributed by atoms with E-state index >= 15 is 0 Å². The standard InChI is InChI=1S/C13H15BrO5S/c1-8(4-12(15)16)20(17,18)7-10-6-11(14)5-9-2-3-19-13(9)10/h5-6,8H,2-4,7H2,1H3,(H,15,16). The molecular formula is C13H15BrO5S. The fourth-order valence-electron chi connectivity index (χ4n) is 2.19. The molecule has 1 unspecified atom stereocenters. The number of rotatable bonds is 5. The van der Waals surface area contributed by atoms with Crippen LogP contribution < -0.4 is 4.74 Å². The fraction of sp³-hybridized carbons (Fsp3) is 0.462. The molecule has 0 radical (unpaired) electrons. The Kier molecular flexibility index (Phi) is 4.39. The van der Waals surface area contributed by atoms with Crippen molar-refractivity contribution in [1.82, 2.24) is 0 Å². The fourth-order valence-corrected chi connectivity index (χ4v) is 4.07. The second-order valence-corrected chi connectivity index (χ2v) is 8.20. The summed E-state index contributed by atoms with van der Waals surface area (Å²) >= 11 is 3.36. The van der Waals surface area contributed by atoms with Crippen LogP contribution in [-0.2, 0) is 26.8 Å². The Morgan fingerprint density at radius 1 is 1.50 bits per heavy atom. The van der Waals surface area contributed by atoms with Crippen molar-refractivity contribution in [3.8, 4) is 5.75 Å². The first-order valence-corrected chi connectivity index (χ1v) is 8.68. The Morgan fingerprint density at radius 2 is 2.20 bits per heavy atom. The van der Waals surface area contributed by atoms with Gasteiger partial charge in [0.1, 0.15) is 5.75 Å². The molecule has 0 aromatic heterocycles. The van der Waals surface area contributed by atoms with Crippen molar-refractivity contribution >= 4 is 31.7 Å². The van der Waals surface area contributed by atoms with E-state index in [0.29, 0.717) is 17.9 Å². The number of benzene rings is 1. The van der Waals surface area contributed by atoms with E-state index in [4.69, 9.17) is 9.84 Å². The topological polar surface area (TPSA) is 80.7 Å². The third kappa shape index (κ3) is 3.32. The first-order valence-electron chi connectivity index (χ1n) is 6.17. The van der Waals surface area contributed by atoms with Crippen molar-refractivity contribution in [1.29, 1.82) is 0 Å². The van der Waals surface area contributed by atoms with Gasteiger partial charge in [-0.15, -0.1) is 0 Å². The molecule has 0 spiro atoms. The predicted octanol–water partition coefficient (Wildman–Crippen LogP) is 2.16. The van der Waals surface area contributed by atoms with Crippen molar-refractivity contribution in [2.75, 3.05) is 6.61 Å². The lowest BCUT2D eigenvalue weighted by atomic mass is 10.1. The lowest BCUT2D eigenvalue weighted by Crippen LogP contribution is -2.23. The van der Waals surface area contributed by atoms with Crippen molar-refractivity contribution in [3.05, 3.63) is 27.7 Å². The molecular weight excluding hydrogens is 348 g/mol. The zero-order chi connectivity index (χ0) is 14.9. The molecule has 1 aliphatic rings. The summed E-state index contributed by atoms with van der Waals surface area (Å²) in [5, 5.41) is 7.80. The average Bonchev–Trinajstić information content (AvgIpc) is 2.75. The van der Waals surface area contributed by atoms with E-state index in [2.05, 4.69) is 15.9 Å². The van der Waals surface area contributed by atoms with Crippen molar-refractivity contribution in [2.24, 2.45) is 0 Å². The van der Waals surface area contributed by atoms with Gasteiger partial charge < -0.3 is 9.84 Å². The van der Waals surface area contributed by atoms with Gasteiger partial charge in [-0.05, 0) is 24.6 Å². The Labute approximate surface area is 126 Å². The van der Waals surface area contributed by atoms with Gasteiger partial charge in [0.05, 0.1) is 24.0 Å². The maximum Gasteiger partial charge on any atom is 0.304 e. The van der Waals surface area contributed by atoms with E-state index in [1.807, 2.05) is 6.07 Å². The number of halogens is 1. The maximum absolute atomic E-state index is 12.2. The number of carboxylic acids is 1. The summed E-state index contributed by atoms with van der Waals surface area (Å²) in [5.41, 5.74) is 1.57. The molecule has 1 N–H and O–H groups in total. The lowest BCUT2D eigenvalue weighted by molar-refractivity contribution is -0.136. The summed E-state index contributed by atoms with van der Waals surface area (Å²) < 4.78 is 30.7. The van der Waals surface area contributed by atoms with Gasteiger partial charge >= 0.3 is 5.97 Å². The largest absolute Gasteiger partial charge is 0.493 e. The number of ether oxygens (including phenoxy) is 1. The third-order valence-corrected chi connectivity index (χ3v) is 5.82. The molecule has 5 nitrogen and oxygen atoms in total. The quantitative estimate of drug-likeness (QED) is 0.867. The van der Waals surface area contributed by atoms with Gasteiger partial charge in [-0.25, -0.2) is 8.42 Å². The van der Waals surface area contributed by atoms with Crippen molar-refractivity contribution in [2.45, 2.75) is 30.8 Å². The monoisotopic (exact) mass is 362 g/mol. The summed E-state index contributed by atoms with van der Waals surface area (Å²) in [6.45, 7) is 1.96. The van der Waals surface area contributed by atoms with Crippen LogP contribution in [0.15, 0.2) is 16.6 Å². The number of carbonyl (C=O) groups is 1. The van der Waals surface area contributed by atoms with Crippen LogP contribution in [0.4, 0.5) is 0 Å². The molecule has 0 saturated heterocycles. The van der Waals surface area contributed by atoms with Gasteiger partial charge in [-0.3, -0.25) is 4.79 Å². The van der Waals surface area contributed by atoms with E-state index in [0.717, 1.165) is 16.5 Å². The number of fused-ring (bicyclic) bond motifs is 1. The van der Waals surface area contributed by atoms with Gasteiger partial charge in [0.2, 0.25) is 0 Å². The molecule has 0 saturated carbocycles. The molecule has 1 aromatic carbocycles. The number of sulfone groups is 1. The molecule has 0 bridgehead atoms. The molecule has 0 fully saturated rings. The van der Waals surface area contributed by atoms with Crippen molar-refractivity contribution in [3.63, 3.8) is 0 Å². The minimum absolute atomic E-state index is 0.205. The van der Waals surface area contributed by atoms with Crippen LogP contribution in [0, 0.1) is 0 Å². The van der Waals surface area contributed by atoms with Gasteiger partial charge in [-0.1, -0.05) is 15.9 Å². The highest BCUT2D eigenvalue weighted by Gasteiger charge is 2.27. The van der Waals surface area contributed by atoms with Crippen LogP contribution in [0.2, 0.25) is 0 Å². The van der Waals surface area contributed by atoms with Gasteiger partial charge in [-0.2, -0.15) is 0 Å². The van der Waals surface area contributed by atoms with Gasteiger partial charge in [0.25, 0.3) is 0 Å². The third-order valence-electron chi connectivity index (χ3n) is 3.26. The summed E-state index contributed by atoms with van der Waals surface area (Å²) in [7, 11) is -3.53. The van der Waals surface area contributed by atoms with Crippen LogP contribution in [0.5, 0.6) is 5.75 Å². The second-order valence-electron chi connectivity index (χ2n) is 4.87. The zero-order valence-electron chi connectivity index (χ0n) is 10.9. The molecule has 7 heteroatoms. The van der Waals surface area contributed by atoms with Crippen LogP contribution in [0.1, 0.15) is 24.5 Å². The molecule has 1 heterocycles. The summed E-state index contributed by atoms with van der Waals surface area (Å²) in [6.07, 6.45) is 0.367. The number of aliphatic carboxylic acids is 1. The Hall–Kier alpha value is -1.08. The predicted molar refractivity (Wildman–Crippen MR) is 77.7 cm³/mol. The molecule has 20 heavy (non-hydrogen) atoms. The Bertz CT molecular complexity index is 638. The Morgan fingerprint density at radius 3 is 2.85 bits per heavy atom. The van der Waals surface area contributed by atoms with E-state index < -0.39 is 21.1 Å². The molecule has 0 aliphatic carbocycles. The van der Waals surface area contributed by atoms with E-state index in [1.54, 1.807) is 6.07 Å². The van der Waals surface area contributed by atoms with Crippen molar-refractivity contribution < 1.29 is 23.1 Å². The van der Waals surface area contributed by atoms with Crippen LogP contribution in [-0.4, -0.2) is 31.4 Å². The van der Waals surface area contributed by atoms with Crippen LogP contribution in [0.3, 0.4) is 0 Å². The summed E-state index contributed by atoms with van der Waals surface area (Å²) in [4.78, 5) is 10.7. The maximum atomic E-state index is 12.2. The average molecular weight is 363 g/mol. The minimum atomic E-state index is -3.53. The first-order chi connectivity index (χ1) is 9.29. The summed E-state index contributed by atoms with van der Waals surface area (Å²) in [5.74, 6) is -0.695. The molecule has 1 aromatic rings. The second kappa shape index (κ2) is 5.73. The zero-order valence-corrected chi connectivity index (χ0v) is 13.3. The first kappa shape index (κ1) is 15.3. The molecule has 1 atom stereocenters. The smallest absolute Gasteiger partial charge is 0.304 e.